The molecule has 6 heteroatoms. The van der Waals surface area contributed by atoms with Crippen LogP contribution >= 0.6 is 0 Å². The lowest BCUT2D eigenvalue weighted by Crippen LogP contribution is -2.38. The fourth-order valence-corrected chi connectivity index (χ4v) is 3.78. The number of aromatic hydroxyl groups is 1. The predicted octanol–water partition coefficient (Wildman–Crippen LogP) is 4.41. The summed E-state index contributed by atoms with van der Waals surface area (Å²) in [5.41, 5.74) is 2.76. The van der Waals surface area contributed by atoms with Crippen LogP contribution in [0.4, 0.5) is 0 Å². The van der Waals surface area contributed by atoms with E-state index in [1.165, 1.54) is 5.56 Å². The van der Waals surface area contributed by atoms with Gasteiger partial charge in [-0.25, -0.2) is 0 Å². The summed E-state index contributed by atoms with van der Waals surface area (Å²) in [7, 11) is 0. The fraction of sp³-hybridized carbons (Fsp3) is 0.348. The maximum atomic E-state index is 12.7. The van der Waals surface area contributed by atoms with Crippen molar-refractivity contribution >= 4 is 5.78 Å². The van der Waals surface area contributed by atoms with Gasteiger partial charge in [-0.1, -0.05) is 17.7 Å². The average Bonchev–Trinajstić information content (AvgIpc) is 3.24. The number of ketones is 1. The zero-order valence-corrected chi connectivity index (χ0v) is 16.7. The van der Waals surface area contributed by atoms with Crippen LogP contribution in [0.15, 0.2) is 52.9 Å². The highest BCUT2D eigenvalue weighted by Crippen LogP contribution is 2.29. The Kier molecular flexibility index (Phi) is 5.45. The van der Waals surface area contributed by atoms with Crippen molar-refractivity contribution in [3.63, 3.8) is 0 Å². The number of carbonyl (C=O) groups is 1. The lowest BCUT2D eigenvalue weighted by molar-refractivity contribution is 0.0782. The molecule has 3 aromatic rings. The van der Waals surface area contributed by atoms with Crippen LogP contribution in [0.2, 0.25) is 0 Å². The van der Waals surface area contributed by atoms with Gasteiger partial charge in [-0.3, -0.25) is 9.69 Å². The van der Waals surface area contributed by atoms with Gasteiger partial charge < -0.3 is 9.52 Å². The molecule has 1 N–H and O–H groups in total. The summed E-state index contributed by atoms with van der Waals surface area (Å²) >= 11 is 0. The Bertz CT molecular complexity index is 971. The molecular weight excluding hydrogens is 366 g/mol. The topological polar surface area (TPSA) is 79.5 Å². The number of aromatic nitrogens is 2. The molecule has 0 unspecified atom stereocenters. The fourth-order valence-electron chi connectivity index (χ4n) is 3.78. The smallest absolute Gasteiger partial charge is 0.247 e. The van der Waals surface area contributed by atoms with Crippen molar-refractivity contribution in [2.24, 2.45) is 5.92 Å². The van der Waals surface area contributed by atoms with Gasteiger partial charge >= 0.3 is 0 Å². The highest BCUT2D eigenvalue weighted by molar-refractivity contribution is 5.98. The molecule has 0 bridgehead atoms. The molecule has 150 valence electrons. The Morgan fingerprint density at radius 3 is 2.38 bits per heavy atom. The minimum Gasteiger partial charge on any atom is -0.508 e. The van der Waals surface area contributed by atoms with Crippen LogP contribution in [0.5, 0.6) is 5.75 Å². The number of Topliss-reactive ketones (excluding diaryl/α,β-unsaturated/α-hetero) is 1. The van der Waals surface area contributed by atoms with E-state index in [4.69, 9.17) is 4.42 Å². The van der Waals surface area contributed by atoms with E-state index in [0.29, 0.717) is 17.3 Å². The van der Waals surface area contributed by atoms with Crippen molar-refractivity contribution in [3.8, 4) is 17.2 Å². The molecule has 0 radical (unpaired) electrons. The minimum atomic E-state index is 0.00595. The Morgan fingerprint density at radius 2 is 1.72 bits per heavy atom. The molecule has 1 saturated heterocycles. The summed E-state index contributed by atoms with van der Waals surface area (Å²) in [6.45, 7) is 5.71. The molecule has 29 heavy (non-hydrogen) atoms. The summed E-state index contributed by atoms with van der Waals surface area (Å²) in [5.74, 6) is 1.47. The number of hydrogen-bond acceptors (Lipinski definition) is 6. The Hall–Kier alpha value is -2.99. The summed E-state index contributed by atoms with van der Waals surface area (Å²) in [5, 5.41) is 17.9. The summed E-state index contributed by atoms with van der Waals surface area (Å²) < 4.78 is 5.92. The number of phenolic OH excluding ortho intramolecular Hbond substituents is 1. The number of likely N-dealkylation sites (tertiary alicyclic amines) is 1. The highest BCUT2D eigenvalue weighted by Gasteiger charge is 2.30. The van der Waals surface area contributed by atoms with Crippen LogP contribution in [-0.2, 0) is 0 Å². The lowest BCUT2D eigenvalue weighted by Gasteiger charge is -2.34. The van der Waals surface area contributed by atoms with Gasteiger partial charge in [-0.15, -0.1) is 10.2 Å². The quantitative estimate of drug-likeness (QED) is 0.649. The average molecular weight is 391 g/mol. The van der Waals surface area contributed by atoms with Crippen molar-refractivity contribution in [1.82, 2.24) is 15.1 Å². The number of carbonyl (C=O) groups excluding carboxylic acids is 1. The molecule has 2 heterocycles. The number of aryl methyl sites for hydroxylation is 1. The minimum absolute atomic E-state index is 0.00595. The molecule has 1 atom stereocenters. The van der Waals surface area contributed by atoms with Crippen molar-refractivity contribution < 1.29 is 14.3 Å². The first-order valence-corrected chi connectivity index (χ1v) is 9.99. The molecule has 6 nitrogen and oxygen atoms in total. The second-order valence-electron chi connectivity index (χ2n) is 7.71. The van der Waals surface area contributed by atoms with E-state index in [1.54, 1.807) is 24.3 Å². The third kappa shape index (κ3) is 4.22. The maximum absolute atomic E-state index is 12.7. The molecule has 0 saturated carbocycles. The normalized spacial score (nSPS) is 16.6. The molecule has 1 aliphatic heterocycles. The first kappa shape index (κ1) is 19.3. The summed E-state index contributed by atoms with van der Waals surface area (Å²) in [6.07, 6.45) is 1.59. The molecule has 1 fully saturated rings. The van der Waals surface area contributed by atoms with Gasteiger partial charge in [0.25, 0.3) is 0 Å². The Labute approximate surface area is 170 Å². The first-order chi connectivity index (χ1) is 14.0. The van der Waals surface area contributed by atoms with E-state index < -0.39 is 0 Å². The number of rotatable bonds is 5. The number of nitrogens with zero attached hydrogens (tertiary/aromatic N) is 3. The zero-order valence-electron chi connectivity index (χ0n) is 16.7. The number of piperidine rings is 1. The van der Waals surface area contributed by atoms with Crippen molar-refractivity contribution in [2.45, 2.75) is 32.7 Å². The van der Waals surface area contributed by atoms with Gasteiger partial charge in [0.05, 0.1) is 6.04 Å². The molecule has 4 rings (SSSR count). The van der Waals surface area contributed by atoms with Crippen molar-refractivity contribution in [3.05, 3.63) is 65.5 Å². The van der Waals surface area contributed by atoms with Crippen LogP contribution in [0, 0.1) is 12.8 Å². The Balaban J connectivity index is 1.38. The summed E-state index contributed by atoms with van der Waals surface area (Å²) in [4.78, 5) is 15.0. The Morgan fingerprint density at radius 1 is 1.07 bits per heavy atom. The largest absolute Gasteiger partial charge is 0.508 e. The highest BCUT2D eigenvalue weighted by atomic mass is 16.4. The monoisotopic (exact) mass is 391 g/mol. The van der Waals surface area contributed by atoms with Gasteiger partial charge in [0.2, 0.25) is 11.8 Å². The molecular formula is C23H25N3O3. The van der Waals surface area contributed by atoms with Crippen LogP contribution in [0.1, 0.15) is 47.6 Å². The molecule has 0 spiro atoms. The third-order valence-corrected chi connectivity index (χ3v) is 5.70. The van der Waals surface area contributed by atoms with E-state index >= 15 is 0 Å². The van der Waals surface area contributed by atoms with E-state index in [-0.39, 0.29) is 23.5 Å². The lowest BCUT2D eigenvalue weighted by atomic mass is 9.88. The van der Waals surface area contributed by atoms with Gasteiger partial charge in [0.1, 0.15) is 5.75 Å². The molecule has 1 aliphatic rings. The molecule has 2 aromatic carbocycles. The van der Waals surface area contributed by atoms with Crippen molar-refractivity contribution in [1.29, 1.82) is 0 Å². The third-order valence-electron chi connectivity index (χ3n) is 5.70. The second-order valence-corrected chi connectivity index (χ2v) is 7.71. The van der Waals surface area contributed by atoms with Gasteiger partial charge in [0, 0.05) is 17.0 Å². The molecule has 0 amide bonds. The van der Waals surface area contributed by atoms with E-state index in [9.17, 15) is 9.90 Å². The van der Waals surface area contributed by atoms with Crippen LogP contribution in [0.3, 0.4) is 0 Å². The number of hydrogen-bond donors (Lipinski definition) is 1. The van der Waals surface area contributed by atoms with Crippen LogP contribution in [-0.4, -0.2) is 39.1 Å². The van der Waals surface area contributed by atoms with Crippen LogP contribution in [0.25, 0.3) is 11.5 Å². The van der Waals surface area contributed by atoms with Gasteiger partial charge in [0.15, 0.2) is 5.78 Å². The standard InChI is InChI=1S/C23H25N3O3/c1-15-3-5-19(6-4-15)23-25-24-22(29-23)16(2)26-13-11-18(12-14-26)21(28)17-7-9-20(27)10-8-17/h3-10,16,18,27H,11-14H2,1-2H3/t16-/m0/s1. The van der Waals surface area contributed by atoms with E-state index in [0.717, 1.165) is 31.5 Å². The van der Waals surface area contributed by atoms with Crippen molar-refractivity contribution in [2.75, 3.05) is 13.1 Å². The second kappa shape index (κ2) is 8.17. The SMILES string of the molecule is Cc1ccc(-c2nnc([C@H](C)N3CCC(C(=O)c4ccc(O)cc4)CC3)o2)cc1. The maximum Gasteiger partial charge on any atom is 0.247 e. The van der Waals surface area contributed by atoms with Gasteiger partial charge in [-0.05, 0) is 76.2 Å². The summed E-state index contributed by atoms with van der Waals surface area (Å²) in [6, 6.07) is 14.5. The van der Waals surface area contributed by atoms with Crippen LogP contribution < -0.4 is 0 Å². The van der Waals surface area contributed by atoms with Gasteiger partial charge in [-0.2, -0.15) is 0 Å². The predicted molar refractivity (Wildman–Crippen MR) is 110 cm³/mol. The molecule has 0 aliphatic carbocycles. The van der Waals surface area contributed by atoms with E-state index in [2.05, 4.69) is 22.0 Å². The number of benzene rings is 2. The number of phenols is 1. The van der Waals surface area contributed by atoms with E-state index in [1.807, 2.05) is 31.2 Å². The first-order valence-electron chi connectivity index (χ1n) is 9.99. The zero-order chi connectivity index (χ0) is 20.4. The molecule has 1 aromatic heterocycles.